The molecule has 106 valence electrons. The average Bonchev–Trinajstić information content (AvgIpc) is 3.06. The molecule has 0 aliphatic carbocycles. The molecule has 0 bridgehead atoms. The van der Waals surface area contributed by atoms with E-state index >= 15 is 0 Å². The van der Waals surface area contributed by atoms with Crippen LogP contribution in [0.1, 0.15) is 56.2 Å². The van der Waals surface area contributed by atoms with Crippen LogP contribution in [-0.2, 0) is 5.54 Å². The number of piperidine rings is 1. The van der Waals surface area contributed by atoms with Crippen molar-refractivity contribution in [3.8, 4) is 0 Å². The second-order valence-corrected chi connectivity index (χ2v) is 7.21. The van der Waals surface area contributed by atoms with Crippen molar-refractivity contribution in [2.45, 2.75) is 57.0 Å². The third-order valence-electron chi connectivity index (χ3n) is 4.91. The first-order valence-electron chi connectivity index (χ1n) is 7.53. The quantitative estimate of drug-likeness (QED) is 0.922. The predicted molar refractivity (Wildman–Crippen MR) is 80.8 cm³/mol. The summed E-state index contributed by atoms with van der Waals surface area (Å²) in [6.07, 6.45) is 5.17. The third-order valence-corrected chi connectivity index (χ3v) is 5.97. The van der Waals surface area contributed by atoms with Gasteiger partial charge in [-0.1, -0.05) is 13.8 Å². The molecule has 2 aliphatic heterocycles. The van der Waals surface area contributed by atoms with E-state index in [2.05, 4.69) is 36.5 Å². The van der Waals surface area contributed by atoms with Gasteiger partial charge in [0, 0.05) is 18.0 Å². The number of nitrogens with zero attached hydrogens (tertiary/aromatic N) is 2. The lowest BCUT2D eigenvalue weighted by Crippen LogP contribution is -2.52. The zero-order chi connectivity index (χ0) is 13.5. The highest BCUT2D eigenvalue weighted by atomic mass is 32.1. The Morgan fingerprint density at radius 1 is 1.47 bits per heavy atom. The first-order valence-corrected chi connectivity index (χ1v) is 8.41. The molecule has 0 amide bonds. The summed E-state index contributed by atoms with van der Waals surface area (Å²) in [4.78, 5) is 7.60. The predicted octanol–water partition coefficient (Wildman–Crippen LogP) is 2.94. The Bertz CT molecular complexity index is 442. The van der Waals surface area contributed by atoms with Crippen LogP contribution < -0.4 is 5.32 Å². The zero-order valence-corrected chi connectivity index (χ0v) is 13.1. The highest BCUT2D eigenvalue weighted by molar-refractivity contribution is 7.09. The van der Waals surface area contributed by atoms with Crippen LogP contribution in [0.25, 0.3) is 0 Å². The van der Waals surface area contributed by atoms with E-state index in [-0.39, 0.29) is 5.54 Å². The van der Waals surface area contributed by atoms with Gasteiger partial charge < -0.3 is 10.2 Å². The minimum atomic E-state index is 0.128. The second-order valence-electron chi connectivity index (χ2n) is 6.35. The smallest absolute Gasteiger partial charge is 0.113 e. The zero-order valence-electron chi connectivity index (χ0n) is 12.3. The van der Waals surface area contributed by atoms with Gasteiger partial charge in [0.05, 0.1) is 11.2 Å². The number of fused-ring (bicyclic) bond motifs is 1. The van der Waals surface area contributed by atoms with E-state index < -0.39 is 0 Å². The Morgan fingerprint density at radius 3 is 3.00 bits per heavy atom. The van der Waals surface area contributed by atoms with Gasteiger partial charge in [0.25, 0.3) is 0 Å². The van der Waals surface area contributed by atoms with E-state index in [0.717, 1.165) is 6.04 Å². The molecule has 4 heteroatoms. The summed E-state index contributed by atoms with van der Waals surface area (Å²) in [5.41, 5.74) is 1.38. The van der Waals surface area contributed by atoms with Crippen LogP contribution >= 0.6 is 11.3 Å². The largest absolute Gasteiger partial charge is 0.308 e. The molecular formula is C15H25N3S. The van der Waals surface area contributed by atoms with Gasteiger partial charge in [0.2, 0.25) is 0 Å². The van der Waals surface area contributed by atoms with Crippen molar-refractivity contribution in [1.82, 2.24) is 15.2 Å². The second kappa shape index (κ2) is 5.15. The first kappa shape index (κ1) is 13.5. The Balaban J connectivity index is 1.85. The maximum Gasteiger partial charge on any atom is 0.113 e. The lowest BCUT2D eigenvalue weighted by Gasteiger charge is -2.43. The van der Waals surface area contributed by atoms with Crippen LogP contribution in [0.3, 0.4) is 0 Å². The molecule has 2 atom stereocenters. The summed E-state index contributed by atoms with van der Waals surface area (Å²) in [6, 6.07) is 0.771. The number of nitrogens with one attached hydrogen (secondary N) is 1. The van der Waals surface area contributed by atoms with Crippen LogP contribution in [0.2, 0.25) is 0 Å². The molecule has 1 aromatic heterocycles. The van der Waals surface area contributed by atoms with Crippen molar-refractivity contribution in [2.24, 2.45) is 0 Å². The fraction of sp³-hybridized carbons (Fsp3) is 0.800. The molecule has 3 heterocycles. The molecule has 2 saturated heterocycles. The minimum absolute atomic E-state index is 0.128. The van der Waals surface area contributed by atoms with Gasteiger partial charge in [-0.3, -0.25) is 0 Å². The molecule has 2 unspecified atom stereocenters. The van der Waals surface area contributed by atoms with Crippen LogP contribution in [0.5, 0.6) is 0 Å². The van der Waals surface area contributed by atoms with Gasteiger partial charge in [-0.05, 0) is 45.2 Å². The van der Waals surface area contributed by atoms with Crippen LogP contribution in [0, 0.1) is 0 Å². The third kappa shape index (κ3) is 2.34. The van der Waals surface area contributed by atoms with Gasteiger partial charge in [0.1, 0.15) is 5.01 Å². The highest BCUT2D eigenvalue weighted by Crippen LogP contribution is 2.40. The topological polar surface area (TPSA) is 28.2 Å². The lowest BCUT2D eigenvalue weighted by atomic mass is 9.84. The summed E-state index contributed by atoms with van der Waals surface area (Å²) in [6.45, 7) is 6.98. The van der Waals surface area contributed by atoms with Crippen LogP contribution in [0.15, 0.2) is 5.38 Å². The average molecular weight is 279 g/mol. The molecule has 3 nitrogen and oxygen atoms in total. The van der Waals surface area contributed by atoms with E-state index in [1.807, 2.05) is 11.3 Å². The standard InChI is InChI=1S/C15H25N3S/c1-11(2)13-10-19-14(17-13)15(16-3)6-8-18-7-4-5-12(18)9-15/h10-12,16H,4-9H2,1-3H3. The van der Waals surface area contributed by atoms with Crippen molar-refractivity contribution in [2.75, 3.05) is 20.1 Å². The number of hydrogen-bond donors (Lipinski definition) is 1. The van der Waals surface area contributed by atoms with E-state index in [9.17, 15) is 0 Å². The van der Waals surface area contributed by atoms with Crippen molar-refractivity contribution in [3.63, 3.8) is 0 Å². The van der Waals surface area contributed by atoms with Crippen molar-refractivity contribution >= 4 is 11.3 Å². The van der Waals surface area contributed by atoms with E-state index in [4.69, 9.17) is 4.98 Å². The van der Waals surface area contributed by atoms with Gasteiger partial charge >= 0.3 is 0 Å². The van der Waals surface area contributed by atoms with E-state index in [0.29, 0.717) is 5.92 Å². The minimum Gasteiger partial charge on any atom is -0.308 e. The van der Waals surface area contributed by atoms with E-state index in [1.54, 1.807) is 0 Å². The van der Waals surface area contributed by atoms with Crippen LogP contribution in [0.4, 0.5) is 0 Å². The molecule has 1 aromatic rings. The molecule has 0 saturated carbocycles. The summed E-state index contributed by atoms with van der Waals surface area (Å²) in [7, 11) is 2.11. The molecule has 0 aromatic carbocycles. The van der Waals surface area contributed by atoms with Crippen LogP contribution in [-0.4, -0.2) is 36.1 Å². The Hall–Kier alpha value is -0.450. The van der Waals surface area contributed by atoms with Gasteiger partial charge in [-0.2, -0.15) is 0 Å². The van der Waals surface area contributed by atoms with Crippen molar-refractivity contribution in [3.05, 3.63) is 16.1 Å². The number of hydrogen-bond acceptors (Lipinski definition) is 4. The molecule has 3 rings (SSSR count). The summed E-state index contributed by atoms with van der Waals surface area (Å²) in [5, 5.41) is 7.18. The molecule has 2 aliphatic rings. The SMILES string of the molecule is CNC1(c2nc(C(C)C)cs2)CCN2CCCC2C1. The number of rotatable bonds is 3. The maximum atomic E-state index is 4.93. The van der Waals surface area contributed by atoms with Gasteiger partial charge in [-0.25, -0.2) is 4.98 Å². The fourth-order valence-electron chi connectivity index (χ4n) is 3.56. The maximum absolute atomic E-state index is 4.93. The van der Waals surface area contributed by atoms with E-state index in [1.165, 1.54) is 49.5 Å². The first-order chi connectivity index (χ1) is 9.14. The molecule has 19 heavy (non-hydrogen) atoms. The lowest BCUT2D eigenvalue weighted by molar-refractivity contribution is 0.110. The van der Waals surface area contributed by atoms with Gasteiger partial charge in [-0.15, -0.1) is 11.3 Å². The number of aromatic nitrogens is 1. The van der Waals surface area contributed by atoms with Crippen molar-refractivity contribution in [1.29, 1.82) is 0 Å². The normalized spacial score (nSPS) is 31.9. The molecule has 0 radical (unpaired) electrons. The molecule has 2 fully saturated rings. The molecular weight excluding hydrogens is 254 g/mol. The van der Waals surface area contributed by atoms with Gasteiger partial charge in [0.15, 0.2) is 0 Å². The summed E-state index contributed by atoms with van der Waals surface area (Å²) < 4.78 is 0. The molecule has 0 spiro atoms. The summed E-state index contributed by atoms with van der Waals surface area (Å²) in [5.74, 6) is 0.533. The summed E-state index contributed by atoms with van der Waals surface area (Å²) >= 11 is 1.85. The Labute approximate surface area is 120 Å². The monoisotopic (exact) mass is 279 g/mol. The Morgan fingerprint density at radius 2 is 2.32 bits per heavy atom. The number of thiazole rings is 1. The molecule has 1 N–H and O–H groups in total. The highest BCUT2D eigenvalue weighted by Gasteiger charge is 2.43. The Kier molecular flexibility index (Phi) is 3.67. The van der Waals surface area contributed by atoms with Crippen molar-refractivity contribution < 1.29 is 0 Å². The fourth-order valence-corrected chi connectivity index (χ4v) is 4.79.